The molecule has 6 heteroatoms. The fourth-order valence-corrected chi connectivity index (χ4v) is 1.57. The second-order valence-corrected chi connectivity index (χ2v) is 5.52. The molecule has 1 heterocycles. The van der Waals surface area contributed by atoms with Gasteiger partial charge in [-0.3, -0.25) is 9.48 Å². The lowest BCUT2D eigenvalue weighted by Gasteiger charge is -2.19. The molecule has 0 fully saturated rings. The number of hydrogen-bond donors (Lipinski definition) is 2. The van der Waals surface area contributed by atoms with Crippen molar-refractivity contribution in [2.75, 3.05) is 0 Å². The summed E-state index contributed by atoms with van der Waals surface area (Å²) in [7, 11) is 1.69. The first-order valence-corrected chi connectivity index (χ1v) is 5.70. The highest BCUT2D eigenvalue weighted by Gasteiger charge is 2.25. The van der Waals surface area contributed by atoms with Crippen molar-refractivity contribution in [1.29, 1.82) is 0 Å². The molecule has 0 radical (unpaired) electrons. The van der Waals surface area contributed by atoms with Crippen LogP contribution in [0.4, 0.5) is 0 Å². The van der Waals surface area contributed by atoms with E-state index in [-0.39, 0.29) is 17.7 Å². The Morgan fingerprint density at radius 1 is 1.50 bits per heavy atom. The minimum absolute atomic E-state index is 0.178. The van der Waals surface area contributed by atoms with Crippen LogP contribution in [0.25, 0.3) is 0 Å². The lowest BCUT2D eigenvalue weighted by Crippen LogP contribution is -2.35. The van der Waals surface area contributed by atoms with E-state index < -0.39 is 12.0 Å². The molecule has 2 N–H and O–H groups in total. The number of hydrogen-bond acceptors (Lipinski definition) is 3. The molecule has 0 aliphatic heterocycles. The molecule has 100 valence electrons. The molecule has 1 aromatic rings. The molecule has 6 nitrogen and oxygen atoms in total. The van der Waals surface area contributed by atoms with Gasteiger partial charge in [0.2, 0.25) is 5.91 Å². The van der Waals surface area contributed by atoms with Crippen LogP contribution in [-0.4, -0.2) is 26.8 Å². The first-order chi connectivity index (χ1) is 8.19. The number of nitrogens with zero attached hydrogens (tertiary/aromatic N) is 2. The van der Waals surface area contributed by atoms with Gasteiger partial charge in [0.1, 0.15) is 0 Å². The summed E-state index contributed by atoms with van der Waals surface area (Å²) in [6.07, 6.45) is 3.29. The quantitative estimate of drug-likeness (QED) is 0.841. The van der Waals surface area contributed by atoms with Crippen molar-refractivity contribution in [3.8, 4) is 0 Å². The Morgan fingerprint density at radius 3 is 2.50 bits per heavy atom. The molecule has 0 saturated carbocycles. The number of carboxylic acid groups (broad SMARTS) is 1. The van der Waals surface area contributed by atoms with Crippen LogP contribution < -0.4 is 5.32 Å². The second-order valence-electron chi connectivity index (χ2n) is 5.52. The molecule has 0 aliphatic carbocycles. The lowest BCUT2D eigenvalue weighted by molar-refractivity contribution is -0.142. The van der Waals surface area contributed by atoms with Crippen molar-refractivity contribution < 1.29 is 14.7 Å². The number of aliphatic carboxylic acids is 1. The number of amides is 1. The maximum absolute atomic E-state index is 11.8. The smallest absolute Gasteiger partial charge is 0.331 e. The number of nitrogens with one attached hydrogen (secondary N) is 1. The van der Waals surface area contributed by atoms with Gasteiger partial charge in [0.05, 0.1) is 6.20 Å². The van der Waals surface area contributed by atoms with Gasteiger partial charge in [-0.15, -0.1) is 0 Å². The zero-order chi connectivity index (χ0) is 13.9. The Hall–Kier alpha value is -1.85. The van der Waals surface area contributed by atoms with Gasteiger partial charge in [-0.1, -0.05) is 20.8 Å². The van der Waals surface area contributed by atoms with Gasteiger partial charge in [0.15, 0.2) is 6.04 Å². The molecule has 1 atom stereocenters. The van der Waals surface area contributed by atoms with Crippen LogP contribution in [0.3, 0.4) is 0 Å². The summed E-state index contributed by atoms with van der Waals surface area (Å²) < 4.78 is 1.50. The summed E-state index contributed by atoms with van der Waals surface area (Å²) in [5.41, 5.74) is 0.287. The number of carboxylic acids is 1. The van der Waals surface area contributed by atoms with E-state index in [0.29, 0.717) is 5.56 Å². The SMILES string of the molecule is Cn1cc(C(NC(=O)CC(C)(C)C)C(=O)O)cn1. The second kappa shape index (κ2) is 5.20. The van der Waals surface area contributed by atoms with Crippen molar-refractivity contribution in [3.05, 3.63) is 18.0 Å². The third kappa shape index (κ3) is 4.20. The minimum Gasteiger partial charge on any atom is -0.479 e. The standard InChI is InChI=1S/C12H19N3O3/c1-12(2,3)5-9(16)14-10(11(17)18)8-6-13-15(4)7-8/h6-7,10H,5H2,1-4H3,(H,14,16)(H,17,18). The largest absolute Gasteiger partial charge is 0.479 e. The van der Waals surface area contributed by atoms with E-state index in [0.717, 1.165) is 0 Å². The van der Waals surface area contributed by atoms with E-state index in [1.165, 1.54) is 10.9 Å². The molecule has 1 rings (SSSR count). The highest BCUT2D eigenvalue weighted by molar-refractivity contribution is 5.84. The molecule has 0 bridgehead atoms. The Balaban J connectivity index is 2.76. The molecule has 1 unspecified atom stereocenters. The van der Waals surface area contributed by atoms with Crippen LogP contribution in [-0.2, 0) is 16.6 Å². The first kappa shape index (κ1) is 14.2. The average molecular weight is 253 g/mol. The predicted molar refractivity (Wildman–Crippen MR) is 65.8 cm³/mol. The van der Waals surface area contributed by atoms with Crippen LogP contribution >= 0.6 is 0 Å². The van der Waals surface area contributed by atoms with Crippen LogP contribution in [0.2, 0.25) is 0 Å². The van der Waals surface area contributed by atoms with E-state index >= 15 is 0 Å². The van der Waals surface area contributed by atoms with Gasteiger partial charge in [0, 0.05) is 25.2 Å². The molecule has 0 saturated heterocycles. The summed E-state index contributed by atoms with van der Waals surface area (Å²) in [6.45, 7) is 5.77. The molecule has 0 aliphatic rings. The average Bonchev–Trinajstić information content (AvgIpc) is 2.57. The topological polar surface area (TPSA) is 84.2 Å². The molecular weight excluding hydrogens is 234 g/mol. The van der Waals surface area contributed by atoms with E-state index in [1.807, 2.05) is 20.8 Å². The normalized spacial score (nSPS) is 13.1. The fraction of sp³-hybridized carbons (Fsp3) is 0.583. The highest BCUT2D eigenvalue weighted by Crippen LogP contribution is 2.19. The van der Waals surface area contributed by atoms with E-state index in [4.69, 9.17) is 5.11 Å². The number of carbonyl (C=O) groups is 2. The summed E-state index contributed by atoms with van der Waals surface area (Å²) in [4.78, 5) is 22.9. The third-order valence-corrected chi connectivity index (χ3v) is 2.30. The maximum atomic E-state index is 11.8. The number of carbonyl (C=O) groups excluding carboxylic acids is 1. The summed E-state index contributed by atoms with van der Waals surface area (Å²) >= 11 is 0. The van der Waals surface area contributed by atoms with Gasteiger partial charge < -0.3 is 10.4 Å². The van der Waals surface area contributed by atoms with Crippen LogP contribution in [0, 0.1) is 5.41 Å². The van der Waals surface area contributed by atoms with Crippen LogP contribution in [0.15, 0.2) is 12.4 Å². The van der Waals surface area contributed by atoms with Crippen molar-refractivity contribution in [2.45, 2.75) is 33.2 Å². The van der Waals surface area contributed by atoms with E-state index in [1.54, 1.807) is 13.2 Å². The van der Waals surface area contributed by atoms with E-state index in [2.05, 4.69) is 10.4 Å². The monoisotopic (exact) mass is 253 g/mol. The summed E-state index contributed by atoms with van der Waals surface area (Å²) in [6, 6.07) is -1.05. The van der Waals surface area contributed by atoms with Gasteiger partial charge in [0.25, 0.3) is 0 Å². The molecule has 18 heavy (non-hydrogen) atoms. The van der Waals surface area contributed by atoms with Crippen LogP contribution in [0.5, 0.6) is 0 Å². The van der Waals surface area contributed by atoms with Gasteiger partial charge in [-0.25, -0.2) is 4.79 Å². The summed E-state index contributed by atoms with van der Waals surface area (Å²) in [5, 5.41) is 15.5. The molecule has 0 aromatic carbocycles. The lowest BCUT2D eigenvalue weighted by atomic mass is 9.92. The van der Waals surface area contributed by atoms with Crippen molar-refractivity contribution in [1.82, 2.24) is 15.1 Å². The molecule has 1 amide bonds. The Bertz CT molecular complexity index is 446. The van der Waals surface area contributed by atoms with Gasteiger partial charge in [-0.05, 0) is 5.41 Å². The van der Waals surface area contributed by atoms with E-state index in [9.17, 15) is 9.59 Å². The fourth-order valence-electron chi connectivity index (χ4n) is 1.57. The predicted octanol–water partition coefficient (Wildman–Crippen LogP) is 1.10. The molecular formula is C12H19N3O3. The van der Waals surface area contributed by atoms with Crippen molar-refractivity contribution in [2.24, 2.45) is 12.5 Å². The van der Waals surface area contributed by atoms with Crippen LogP contribution in [0.1, 0.15) is 38.8 Å². The highest BCUT2D eigenvalue weighted by atomic mass is 16.4. The van der Waals surface area contributed by atoms with Crippen molar-refractivity contribution >= 4 is 11.9 Å². The number of aryl methyl sites for hydroxylation is 1. The molecule has 1 aromatic heterocycles. The Labute approximate surface area is 106 Å². The third-order valence-electron chi connectivity index (χ3n) is 2.30. The molecule has 0 spiro atoms. The number of rotatable bonds is 4. The Kier molecular flexibility index (Phi) is 4.11. The van der Waals surface area contributed by atoms with Crippen molar-refractivity contribution in [3.63, 3.8) is 0 Å². The zero-order valence-corrected chi connectivity index (χ0v) is 11.1. The van der Waals surface area contributed by atoms with Gasteiger partial charge >= 0.3 is 5.97 Å². The minimum atomic E-state index is -1.09. The zero-order valence-electron chi connectivity index (χ0n) is 11.1. The summed E-state index contributed by atoms with van der Waals surface area (Å²) in [5.74, 6) is -1.37. The number of aromatic nitrogens is 2. The first-order valence-electron chi connectivity index (χ1n) is 5.70. The Morgan fingerprint density at radius 2 is 2.11 bits per heavy atom. The van der Waals surface area contributed by atoms with Gasteiger partial charge in [-0.2, -0.15) is 5.10 Å². The maximum Gasteiger partial charge on any atom is 0.331 e.